The Kier molecular flexibility index (Phi) is 3.42. The first-order valence-electron chi connectivity index (χ1n) is 5.28. The second kappa shape index (κ2) is 4.65. The van der Waals surface area contributed by atoms with Crippen molar-refractivity contribution in [2.75, 3.05) is 7.05 Å². The SMILES string of the molecule is CNC(C)(C)Cc1nc(-c2cccs2)cs1. The summed E-state index contributed by atoms with van der Waals surface area (Å²) in [6, 6.07) is 4.18. The standard InChI is InChI=1S/C12H16N2S2/c1-12(2,13-3)7-11-14-9(8-16-11)10-5-4-6-15-10/h4-6,8,13H,7H2,1-3H3. The van der Waals surface area contributed by atoms with E-state index in [1.165, 1.54) is 9.88 Å². The molecule has 2 nitrogen and oxygen atoms in total. The summed E-state index contributed by atoms with van der Waals surface area (Å²) in [6.07, 6.45) is 0.972. The van der Waals surface area contributed by atoms with Crippen LogP contribution in [0.1, 0.15) is 18.9 Å². The van der Waals surface area contributed by atoms with E-state index in [1.54, 1.807) is 22.7 Å². The van der Waals surface area contributed by atoms with Gasteiger partial charge in [0.05, 0.1) is 15.6 Å². The van der Waals surface area contributed by atoms with Crippen molar-refractivity contribution in [2.45, 2.75) is 25.8 Å². The molecule has 0 fully saturated rings. The number of nitrogens with zero attached hydrogens (tertiary/aromatic N) is 1. The Morgan fingerprint density at radius 3 is 2.81 bits per heavy atom. The van der Waals surface area contributed by atoms with Crippen molar-refractivity contribution in [3.63, 3.8) is 0 Å². The summed E-state index contributed by atoms with van der Waals surface area (Å²) in [6.45, 7) is 4.39. The Hall–Kier alpha value is -0.710. The summed E-state index contributed by atoms with van der Waals surface area (Å²) in [5.41, 5.74) is 1.23. The molecule has 0 aliphatic heterocycles. The van der Waals surface area contributed by atoms with E-state index in [9.17, 15) is 0 Å². The topological polar surface area (TPSA) is 24.9 Å². The van der Waals surface area contributed by atoms with E-state index in [4.69, 9.17) is 0 Å². The van der Waals surface area contributed by atoms with E-state index in [0.29, 0.717) is 0 Å². The molecule has 0 saturated carbocycles. The van der Waals surface area contributed by atoms with E-state index in [0.717, 1.165) is 12.1 Å². The Morgan fingerprint density at radius 2 is 2.19 bits per heavy atom. The number of likely N-dealkylation sites (N-methyl/N-ethyl adjacent to an activating group) is 1. The highest BCUT2D eigenvalue weighted by molar-refractivity contribution is 7.14. The molecule has 0 bridgehead atoms. The molecular weight excluding hydrogens is 236 g/mol. The highest BCUT2D eigenvalue weighted by atomic mass is 32.1. The van der Waals surface area contributed by atoms with E-state index in [1.807, 2.05) is 7.05 Å². The van der Waals surface area contributed by atoms with Crippen molar-refractivity contribution < 1.29 is 0 Å². The summed E-state index contributed by atoms with van der Waals surface area (Å²) >= 11 is 3.49. The minimum atomic E-state index is 0.116. The lowest BCUT2D eigenvalue weighted by atomic mass is 10.0. The van der Waals surface area contributed by atoms with Crippen LogP contribution in [0.5, 0.6) is 0 Å². The van der Waals surface area contributed by atoms with Crippen LogP contribution in [0.3, 0.4) is 0 Å². The van der Waals surface area contributed by atoms with Crippen molar-refractivity contribution >= 4 is 22.7 Å². The maximum Gasteiger partial charge on any atom is 0.0951 e. The maximum atomic E-state index is 4.67. The van der Waals surface area contributed by atoms with Crippen LogP contribution >= 0.6 is 22.7 Å². The summed E-state index contributed by atoms with van der Waals surface area (Å²) in [5.74, 6) is 0. The molecule has 0 amide bonds. The molecule has 4 heteroatoms. The van der Waals surface area contributed by atoms with Crippen molar-refractivity contribution in [1.29, 1.82) is 0 Å². The molecule has 0 spiro atoms. The lowest BCUT2D eigenvalue weighted by Gasteiger charge is -2.22. The third-order valence-corrected chi connectivity index (χ3v) is 4.34. The molecule has 2 heterocycles. The number of rotatable bonds is 4. The van der Waals surface area contributed by atoms with Gasteiger partial charge in [-0.05, 0) is 32.3 Å². The summed E-state index contributed by atoms with van der Waals surface area (Å²) < 4.78 is 0. The van der Waals surface area contributed by atoms with Crippen molar-refractivity contribution in [3.8, 4) is 10.6 Å². The zero-order valence-electron chi connectivity index (χ0n) is 9.78. The smallest absolute Gasteiger partial charge is 0.0951 e. The van der Waals surface area contributed by atoms with Gasteiger partial charge in [0, 0.05) is 17.3 Å². The first-order chi connectivity index (χ1) is 7.61. The third-order valence-electron chi connectivity index (χ3n) is 2.60. The van der Waals surface area contributed by atoms with Crippen LogP contribution in [0.15, 0.2) is 22.9 Å². The van der Waals surface area contributed by atoms with Crippen molar-refractivity contribution in [2.24, 2.45) is 0 Å². The van der Waals surface area contributed by atoms with Crippen LogP contribution < -0.4 is 5.32 Å². The predicted molar refractivity (Wildman–Crippen MR) is 72.3 cm³/mol. The van der Waals surface area contributed by atoms with E-state index < -0.39 is 0 Å². The minimum absolute atomic E-state index is 0.116. The molecule has 16 heavy (non-hydrogen) atoms. The van der Waals surface area contributed by atoms with Gasteiger partial charge in [0.25, 0.3) is 0 Å². The lowest BCUT2D eigenvalue weighted by molar-refractivity contribution is 0.421. The molecular formula is C12H16N2S2. The zero-order chi connectivity index (χ0) is 11.6. The fourth-order valence-corrected chi connectivity index (χ4v) is 3.18. The first kappa shape index (κ1) is 11.8. The van der Waals surface area contributed by atoms with E-state index in [-0.39, 0.29) is 5.54 Å². The van der Waals surface area contributed by atoms with Crippen molar-refractivity contribution in [3.05, 3.63) is 27.9 Å². The Morgan fingerprint density at radius 1 is 1.38 bits per heavy atom. The first-order valence-corrected chi connectivity index (χ1v) is 7.04. The molecule has 2 aromatic rings. The molecule has 2 aromatic heterocycles. The molecule has 0 saturated heterocycles. The summed E-state index contributed by atoms with van der Waals surface area (Å²) in [5, 5.41) is 8.73. The Labute approximate surface area is 104 Å². The number of aromatic nitrogens is 1. The quantitative estimate of drug-likeness (QED) is 0.902. The molecule has 0 unspecified atom stereocenters. The zero-order valence-corrected chi connectivity index (χ0v) is 11.4. The Bertz CT molecular complexity index is 443. The van der Waals surface area contributed by atoms with Gasteiger partial charge < -0.3 is 5.32 Å². The van der Waals surface area contributed by atoms with Crippen LogP contribution in [-0.4, -0.2) is 17.6 Å². The van der Waals surface area contributed by atoms with Gasteiger partial charge >= 0.3 is 0 Å². The van der Waals surface area contributed by atoms with Crippen LogP contribution in [0.2, 0.25) is 0 Å². The highest BCUT2D eigenvalue weighted by Crippen LogP contribution is 2.27. The molecule has 0 aliphatic carbocycles. The van der Waals surface area contributed by atoms with Crippen LogP contribution in [0.25, 0.3) is 10.6 Å². The molecule has 0 aromatic carbocycles. The van der Waals surface area contributed by atoms with Gasteiger partial charge in [0.15, 0.2) is 0 Å². The number of hydrogen-bond donors (Lipinski definition) is 1. The monoisotopic (exact) mass is 252 g/mol. The molecule has 2 rings (SSSR count). The van der Waals surface area contributed by atoms with E-state index in [2.05, 4.69) is 47.0 Å². The number of thiazole rings is 1. The van der Waals surface area contributed by atoms with E-state index >= 15 is 0 Å². The molecule has 0 atom stereocenters. The maximum absolute atomic E-state index is 4.67. The van der Waals surface area contributed by atoms with Gasteiger partial charge in [0.2, 0.25) is 0 Å². The molecule has 86 valence electrons. The minimum Gasteiger partial charge on any atom is -0.314 e. The predicted octanol–water partition coefficient (Wildman–Crippen LogP) is 3.41. The summed E-state index contributed by atoms with van der Waals surface area (Å²) in [4.78, 5) is 5.93. The van der Waals surface area contributed by atoms with Gasteiger partial charge in [0.1, 0.15) is 0 Å². The average molecular weight is 252 g/mol. The van der Waals surface area contributed by atoms with Gasteiger partial charge in [-0.2, -0.15) is 0 Å². The number of thiophene rings is 1. The fourth-order valence-electron chi connectivity index (χ4n) is 1.40. The number of nitrogens with one attached hydrogen (secondary N) is 1. The molecule has 0 aliphatic rings. The second-order valence-corrected chi connectivity index (χ2v) is 6.30. The third kappa shape index (κ3) is 2.70. The highest BCUT2D eigenvalue weighted by Gasteiger charge is 2.17. The average Bonchev–Trinajstić information content (AvgIpc) is 2.86. The second-order valence-electron chi connectivity index (χ2n) is 4.41. The van der Waals surface area contributed by atoms with Crippen LogP contribution in [0, 0.1) is 0 Å². The van der Waals surface area contributed by atoms with Gasteiger partial charge in [-0.25, -0.2) is 4.98 Å². The largest absolute Gasteiger partial charge is 0.314 e. The lowest BCUT2D eigenvalue weighted by Crippen LogP contribution is -2.38. The fraction of sp³-hybridized carbons (Fsp3) is 0.417. The van der Waals surface area contributed by atoms with Crippen LogP contribution in [0.4, 0.5) is 0 Å². The van der Waals surface area contributed by atoms with Crippen LogP contribution in [-0.2, 0) is 6.42 Å². The van der Waals surface area contributed by atoms with Gasteiger partial charge in [-0.15, -0.1) is 22.7 Å². The number of hydrogen-bond acceptors (Lipinski definition) is 4. The normalized spacial score (nSPS) is 11.9. The molecule has 0 radical (unpaired) electrons. The Balaban J connectivity index is 2.14. The van der Waals surface area contributed by atoms with Crippen molar-refractivity contribution in [1.82, 2.24) is 10.3 Å². The summed E-state index contributed by atoms with van der Waals surface area (Å²) in [7, 11) is 1.99. The molecule has 1 N–H and O–H groups in total. The van der Waals surface area contributed by atoms with Gasteiger partial charge in [-0.3, -0.25) is 0 Å². The van der Waals surface area contributed by atoms with Gasteiger partial charge in [-0.1, -0.05) is 6.07 Å².